The zero-order valence-corrected chi connectivity index (χ0v) is 18.9. The number of aromatic nitrogens is 4. The second kappa shape index (κ2) is 9.77. The first-order valence-electron chi connectivity index (χ1n) is 11.2. The third-order valence-corrected chi connectivity index (χ3v) is 5.64. The zero-order valence-electron chi connectivity index (χ0n) is 18.9. The topological polar surface area (TPSA) is 110 Å². The number of aromatic amines is 1. The maximum atomic E-state index is 13.0. The standard InChI is InChI=1S/C25H27N5O3/c1-3-4-5-9-12-21(31)26-18-14-20-19(13-16(18)2)27-22-23(28-20)29-25(33)30(24(22)32)15-17-10-7-6-8-11-17/h6-8,10-11,13-14H,3-5,9,12,15H2,1-2H3,(H,26,31)(H,28,29,33). The molecule has 0 saturated heterocycles. The summed E-state index contributed by atoms with van der Waals surface area (Å²) in [6.07, 6.45) is 4.60. The Morgan fingerprint density at radius 2 is 1.79 bits per heavy atom. The van der Waals surface area contributed by atoms with Crippen molar-refractivity contribution in [1.29, 1.82) is 0 Å². The number of carbonyl (C=O) groups is 1. The molecule has 0 fully saturated rings. The van der Waals surface area contributed by atoms with Gasteiger partial charge in [-0.25, -0.2) is 14.8 Å². The van der Waals surface area contributed by atoms with Crippen LogP contribution in [0, 0.1) is 6.92 Å². The molecule has 2 heterocycles. The number of hydrogen-bond donors (Lipinski definition) is 2. The van der Waals surface area contributed by atoms with Crippen molar-refractivity contribution in [1.82, 2.24) is 19.5 Å². The van der Waals surface area contributed by atoms with E-state index in [-0.39, 0.29) is 23.6 Å². The molecule has 0 atom stereocenters. The van der Waals surface area contributed by atoms with Crippen molar-refractivity contribution >= 4 is 33.8 Å². The minimum absolute atomic E-state index is 0.0421. The van der Waals surface area contributed by atoms with Crippen molar-refractivity contribution in [2.24, 2.45) is 0 Å². The quantitative estimate of drug-likeness (QED) is 0.316. The monoisotopic (exact) mass is 445 g/mol. The highest BCUT2D eigenvalue weighted by atomic mass is 16.2. The van der Waals surface area contributed by atoms with Gasteiger partial charge in [0.05, 0.1) is 17.6 Å². The van der Waals surface area contributed by atoms with Gasteiger partial charge in [-0.1, -0.05) is 56.5 Å². The van der Waals surface area contributed by atoms with Crippen molar-refractivity contribution < 1.29 is 4.79 Å². The molecule has 0 unspecified atom stereocenters. The number of nitrogens with zero attached hydrogens (tertiary/aromatic N) is 3. The SMILES string of the molecule is CCCCCCC(=O)Nc1cc2nc3[nH]c(=O)n(Cc4ccccc4)c(=O)c3nc2cc1C. The molecule has 33 heavy (non-hydrogen) atoms. The normalized spacial score (nSPS) is 11.2. The molecule has 0 bridgehead atoms. The van der Waals surface area contributed by atoms with Crippen LogP contribution in [0.3, 0.4) is 0 Å². The minimum atomic E-state index is -0.544. The highest BCUT2D eigenvalue weighted by molar-refractivity contribution is 5.95. The fourth-order valence-corrected chi connectivity index (χ4v) is 3.80. The zero-order chi connectivity index (χ0) is 23.4. The highest BCUT2D eigenvalue weighted by Crippen LogP contribution is 2.22. The van der Waals surface area contributed by atoms with Crippen molar-refractivity contribution in [3.8, 4) is 0 Å². The molecule has 8 nitrogen and oxygen atoms in total. The van der Waals surface area contributed by atoms with Crippen molar-refractivity contribution in [2.45, 2.75) is 52.5 Å². The molecule has 0 aliphatic carbocycles. The van der Waals surface area contributed by atoms with E-state index in [0.717, 1.165) is 41.4 Å². The van der Waals surface area contributed by atoms with Crippen LogP contribution in [0.1, 0.15) is 50.2 Å². The molecule has 2 aromatic heterocycles. The van der Waals surface area contributed by atoms with Crippen molar-refractivity contribution in [3.63, 3.8) is 0 Å². The predicted octanol–water partition coefficient (Wildman–Crippen LogP) is 3.90. The number of anilines is 1. The Bertz CT molecular complexity index is 1420. The molecule has 0 spiro atoms. The first-order chi connectivity index (χ1) is 16.0. The van der Waals surface area contributed by atoms with Crippen molar-refractivity contribution in [3.05, 3.63) is 74.4 Å². The van der Waals surface area contributed by atoms with Gasteiger partial charge in [0.15, 0.2) is 11.2 Å². The van der Waals surface area contributed by atoms with Crippen LogP contribution in [0.2, 0.25) is 0 Å². The van der Waals surface area contributed by atoms with Gasteiger partial charge in [-0.3, -0.25) is 19.1 Å². The summed E-state index contributed by atoms with van der Waals surface area (Å²) in [5.74, 6) is -0.0421. The summed E-state index contributed by atoms with van der Waals surface area (Å²) in [7, 11) is 0. The number of carbonyl (C=O) groups excluding carboxylic acids is 1. The second-order valence-electron chi connectivity index (χ2n) is 8.24. The van der Waals surface area contributed by atoms with E-state index in [9.17, 15) is 14.4 Å². The van der Waals surface area contributed by atoms with Gasteiger partial charge in [0, 0.05) is 12.1 Å². The lowest BCUT2D eigenvalue weighted by atomic mass is 10.1. The van der Waals surface area contributed by atoms with Gasteiger partial charge >= 0.3 is 5.69 Å². The Kier molecular flexibility index (Phi) is 6.63. The van der Waals surface area contributed by atoms with E-state index < -0.39 is 11.2 Å². The molecule has 8 heteroatoms. The van der Waals surface area contributed by atoms with Gasteiger partial charge in [0.25, 0.3) is 5.56 Å². The number of nitrogens with one attached hydrogen (secondary N) is 2. The third-order valence-electron chi connectivity index (χ3n) is 5.64. The summed E-state index contributed by atoms with van der Waals surface area (Å²) < 4.78 is 1.12. The molecule has 0 aliphatic heterocycles. The maximum absolute atomic E-state index is 13.0. The van der Waals surface area contributed by atoms with Gasteiger partial charge in [0.1, 0.15) is 0 Å². The van der Waals surface area contributed by atoms with Crippen LogP contribution >= 0.6 is 0 Å². The Hall–Kier alpha value is -3.81. The van der Waals surface area contributed by atoms with E-state index in [1.165, 1.54) is 0 Å². The van der Waals surface area contributed by atoms with Gasteiger partial charge in [-0.05, 0) is 36.6 Å². The maximum Gasteiger partial charge on any atom is 0.330 e. The Labute approximate surface area is 190 Å². The fraction of sp³-hybridized carbons (Fsp3) is 0.320. The summed E-state index contributed by atoms with van der Waals surface area (Å²) in [4.78, 5) is 49.6. The lowest BCUT2D eigenvalue weighted by molar-refractivity contribution is -0.116. The van der Waals surface area contributed by atoms with Crippen LogP contribution in [0.4, 0.5) is 5.69 Å². The number of H-pyrrole nitrogens is 1. The van der Waals surface area contributed by atoms with E-state index in [2.05, 4.69) is 27.2 Å². The number of unbranched alkanes of at least 4 members (excludes halogenated alkanes) is 3. The molecule has 4 rings (SSSR count). The Morgan fingerprint density at radius 3 is 2.55 bits per heavy atom. The van der Waals surface area contributed by atoms with Crippen LogP contribution in [0.15, 0.2) is 52.1 Å². The average Bonchev–Trinajstić information content (AvgIpc) is 2.80. The molecule has 0 radical (unpaired) electrons. The van der Waals surface area contributed by atoms with Crippen LogP contribution in [0.5, 0.6) is 0 Å². The number of hydrogen-bond acceptors (Lipinski definition) is 5. The van der Waals surface area contributed by atoms with Crippen molar-refractivity contribution in [2.75, 3.05) is 5.32 Å². The second-order valence-corrected chi connectivity index (χ2v) is 8.24. The fourth-order valence-electron chi connectivity index (χ4n) is 3.80. The summed E-state index contributed by atoms with van der Waals surface area (Å²) in [5.41, 5.74) is 2.52. The summed E-state index contributed by atoms with van der Waals surface area (Å²) >= 11 is 0. The van der Waals surface area contributed by atoms with Gasteiger partial charge in [0.2, 0.25) is 5.91 Å². The molecule has 0 aliphatic rings. The van der Waals surface area contributed by atoms with Gasteiger partial charge < -0.3 is 5.32 Å². The van der Waals surface area contributed by atoms with Crippen LogP contribution in [0.25, 0.3) is 22.2 Å². The highest BCUT2D eigenvalue weighted by Gasteiger charge is 2.14. The molecule has 0 saturated carbocycles. The predicted molar refractivity (Wildman–Crippen MR) is 130 cm³/mol. The first kappa shape index (κ1) is 22.4. The summed E-state index contributed by atoms with van der Waals surface area (Å²) in [6, 6.07) is 12.8. The Balaban J connectivity index is 1.67. The molecular formula is C25H27N5O3. The molecule has 1 amide bonds. The largest absolute Gasteiger partial charge is 0.330 e. The third kappa shape index (κ3) is 5.00. The number of aryl methyl sites for hydroxylation is 1. The minimum Gasteiger partial charge on any atom is -0.326 e. The summed E-state index contributed by atoms with van der Waals surface area (Å²) in [6.45, 7) is 4.15. The number of rotatable bonds is 8. The van der Waals surface area contributed by atoms with E-state index in [1.54, 1.807) is 12.1 Å². The van der Waals surface area contributed by atoms with E-state index in [4.69, 9.17) is 0 Å². The summed E-state index contributed by atoms with van der Waals surface area (Å²) in [5, 5.41) is 2.94. The lowest BCUT2D eigenvalue weighted by Crippen LogP contribution is -2.36. The van der Waals surface area contributed by atoms with E-state index in [1.807, 2.05) is 37.3 Å². The van der Waals surface area contributed by atoms with Gasteiger partial charge in [-0.15, -0.1) is 0 Å². The van der Waals surface area contributed by atoms with Gasteiger partial charge in [-0.2, -0.15) is 0 Å². The Morgan fingerprint density at radius 1 is 1.03 bits per heavy atom. The molecule has 2 N–H and O–H groups in total. The van der Waals surface area contributed by atoms with Crippen LogP contribution in [-0.4, -0.2) is 25.4 Å². The van der Waals surface area contributed by atoms with Crippen LogP contribution in [-0.2, 0) is 11.3 Å². The lowest BCUT2D eigenvalue weighted by Gasteiger charge is -2.11. The average molecular weight is 446 g/mol. The molecule has 4 aromatic rings. The van der Waals surface area contributed by atoms with E-state index >= 15 is 0 Å². The molecular weight excluding hydrogens is 418 g/mol. The van der Waals surface area contributed by atoms with Crippen LogP contribution < -0.4 is 16.6 Å². The molecule has 170 valence electrons. The first-order valence-corrected chi connectivity index (χ1v) is 11.2. The number of fused-ring (bicyclic) bond motifs is 2. The number of amides is 1. The molecule has 2 aromatic carbocycles. The smallest absolute Gasteiger partial charge is 0.326 e. The number of benzene rings is 2. The van der Waals surface area contributed by atoms with E-state index in [0.29, 0.717) is 23.1 Å².